The molecule has 0 aliphatic rings. The van der Waals surface area contributed by atoms with Gasteiger partial charge in [-0.15, -0.1) is 0 Å². The van der Waals surface area contributed by atoms with E-state index < -0.39 is 14.9 Å². The minimum atomic E-state index is -3.86. The van der Waals surface area contributed by atoms with E-state index in [9.17, 15) is 18.5 Å². The average molecular weight is 465 g/mol. The number of benzene rings is 2. The van der Waals surface area contributed by atoms with Crippen LogP contribution in [-0.4, -0.2) is 23.1 Å². The van der Waals surface area contributed by atoms with Crippen LogP contribution in [0.4, 0.5) is 11.4 Å². The van der Waals surface area contributed by atoms with E-state index in [1.807, 2.05) is 24.6 Å². The first-order valence-corrected chi connectivity index (χ1v) is 10.5. The zero-order chi connectivity index (χ0) is 20.5. The van der Waals surface area contributed by atoms with E-state index in [1.165, 1.54) is 12.1 Å². The van der Waals surface area contributed by atoms with E-state index >= 15 is 0 Å². The van der Waals surface area contributed by atoms with Crippen LogP contribution in [0.15, 0.2) is 57.9 Å². The second-order valence-electron chi connectivity index (χ2n) is 6.20. The quantitative estimate of drug-likeness (QED) is 0.437. The summed E-state index contributed by atoms with van der Waals surface area (Å²) in [5.41, 5.74) is 2.97. The summed E-state index contributed by atoms with van der Waals surface area (Å²) in [5, 5.41) is 15.2. The fraction of sp³-hybridized carbons (Fsp3) is 0.167. The molecule has 0 atom stereocenters. The Bertz CT molecular complexity index is 1140. The highest BCUT2D eigenvalue weighted by molar-refractivity contribution is 9.10. The van der Waals surface area contributed by atoms with Crippen molar-refractivity contribution in [1.82, 2.24) is 9.78 Å². The highest BCUT2D eigenvalue weighted by Crippen LogP contribution is 2.23. The first-order valence-electron chi connectivity index (χ1n) is 8.23. The summed E-state index contributed by atoms with van der Waals surface area (Å²) < 4.78 is 30.4. The molecule has 0 saturated heterocycles. The van der Waals surface area contributed by atoms with Crippen LogP contribution < -0.4 is 4.72 Å². The third-order valence-corrected chi connectivity index (χ3v) is 6.71. The van der Waals surface area contributed by atoms with Crippen molar-refractivity contribution in [1.29, 1.82) is 0 Å². The fourth-order valence-electron chi connectivity index (χ4n) is 2.70. The van der Waals surface area contributed by atoms with Crippen LogP contribution in [0.1, 0.15) is 17.0 Å². The van der Waals surface area contributed by atoms with Gasteiger partial charge >= 0.3 is 0 Å². The number of rotatable bonds is 6. The Morgan fingerprint density at radius 2 is 1.86 bits per heavy atom. The smallest absolute Gasteiger partial charge is 0.269 e. The van der Waals surface area contributed by atoms with Crippen LogP contribution in [-0.2, 0) is 16.6 Å². The van der Waals surface area contributed by atoms with Gasteiger partial charge in [-0.3, -0.25) is 19.5 Å². The molecule has 0 aliphatic heterocycles. The molecule has 8 nitrogen and oxygen atoms in total. The molecule has 2 aromatic carbocycles. The minimum Gasteiger partial charge on any atom is -0.280 e. The number of halogens is 1. The maximum Gasteiger partial charge on any atom is 0.269 e. The van der Waals surface area contributed by atoms with E-state index in [2.05, 4.69) is 25.8 Å². The number of aryl methyl sites for hydroxylation is 1. The van der Waals surface area contributed by atoms with Crippen LogP contribution in [0.5, 0.6) is 0 Å². The number of nitrogens with zero attached hydrogens (tertiary/aromatic N) is 3. The van der Waals surface area contributed by atoms with Crippen LogP contribution in [0, 0.1) is 24.0 Å². The van der Waals surface area contributed by atoms with Crippen molar-refractivity contribution >= 4 is 37.3 Å². The normalized spacial score (nSPS) is 11.4. The lowest BCUT2D eigenvalue weighted by atomic mass is 10.2. The van der Waals surface area contributed by atoms with E-state index in [4.69, 9.17) is 0 Å². The predicted octanol–water partition coefficient (Wildman–Crippen LogP) is 4.02. The van der Waals surface area contributed by atoms with Crippen LogP contribution in [0.25, 0.3) is 0 Å². The first kappa shape index (κ1) is 20.0. The van der Waals surface area contributed by atoms with Gasteiger partial charge in [0.25, 0.3) is 15.7 Å². The lowest BCUT2D eigenvalue weighted by Crippen LogP contribution is -2.13. The van der Waals surface area contributed by atoms with Gasteiger partial charge in [-0.25, -0.2) is 8.42 Å². The van der Waals surface area contributed by atoms with E-state index in [-0.39, 0.29) is 10.6 Å². The third kappa shape index (κ3) is 4.23. The summed E-state index contributed by atoms with van der Waals surface area (Å²) >= 11 is 3.49. The standard InChI is InChI=1S/C18H17BrN4O4S/c1-12-18(19)13(2)22(20-12)11-14-4-3-5-15(10-14)21-28(26,27)17-8-6-16(7-9-17)23(24)25/h3-10,21H,11H2,1-2H3. The van der Waals surface area contributed by atoms with Gasteiger partial charge in [0.1, 0.15) is 0 Å². The van der Waals surface area contributed by atoms with E-state index in [0.717, 1.165) is 33.6 Å². The predicted molar refractivity (Wildman–Crippen MR) is 109 cm³/mol. The molecule has 1 aromatic heterocycles. The number of nitro benzene ring substituents is 1. The topological polar surface area (TPSA) is 107 Å². The maximum absolute atomic E-state index is 12.5. The first-order chi connectivity index (χ1) is 13.2. The Morgan fingerprint density at radius 1 is 1.18 bits per heavy atom. The highest BCUT2D eigenvalue weighted by Gasteiger charge is 2.16. The zero-order valence-electron chi connectivity index (χ0n) is 15.1. The molecule has 0 unspecified atom stereocenters. The van der Waals surface area contributed by atoms with Crippen molar-refractivity contribution in [3.63, 3.8) is 0 Å². The molecule has 28 heavy (non-hydrogen) atoms. The van der Waals surface area contributed by atoms with Crippen molar-refractivity contribution in [3.05, 3.63) is 80.1 Å². The summed E-state index contributed by atoms with van der Waals surface area (Å²) in [6.07, 6.45) is 0. The van der Waals surface area contributed by atoms with Gasteiger partial charge < -0.3 is 0 Å². The van der Waals surface area contributed by atoms with Gasteiger partial charge in [0.2, 0.25) is 0 Å². The number of anilines is 1. The minimum absolute atomic E-state index is 0.0500. The summed E-state index contributed by atoms with van der Waals surface area (Å²) in [6.45, 7) is 4.35. The van der Waals surface area contributed by atoms with Gasteiger partial charge in [0.05, 0.1) is 32.2 Å². The lowest BCUT2D eigenvalue weighted by Gasteiger charge is -2.10. The number of non-ortho nitro benzene ring substituents is 1. The van der Waals surface area contributed by atoms with Crippen molar-refractivity contribution < 1.29 is 13.3 Å². The van der Waals surface area contributed by atoms with Crippen molar-refractivity contribution in [2.75, 3.05) is 4.72 Å². The Labute approximate surface area is 170 Å². The molecule has 1 heterocycles. The second kappa shape index (κ2) is 7.72. The van der Waals surface area contributed by atoms with Crippen molar-refractivity contribution in [2.24, 2.45) is 0 Å². The van der Waals surface area contributed by atoms with E-state index in [0.29, 0.717) is 12.2 Å². The van der Waals surface area contributed by atoms with Gasteiger partial charge in [-0.05, 0) is 59.6 Å². The average Bonchev–Trinajstić information content (AvgIpc) is 2.88. The lowest BCUT2D eigenvalue weighted by molar-refractivity contribution is -0.384. The molecule has 1 N–H and O–H groups in total. The fourth-order valence-corrected chi connectivity index (χ4v) is 4.03. The SMILES string of the molecule is Cc1nn(Cc2cccc(NS(=O)(=O)c3ccc([N+](=O)[O-])cc3)c2)c(C)c1Br. The molecule has 0 spiro atoms. The Hall–Kier alpha value is -2.72. The van der Waals surface area contributed by atoms with Gasteiger partial charge in [0, 0.05) is 17.8 Å². The summed E-state index contributed by atoms with van der Waals surface area (Å²) in [6, 6.07) is 11.7. The highest BCUT2D eigenvalue weighted by atomic mass is 79.9. The zero-order valence-corrected chi connectivity index (χ0v) is 17.5. The van der Waals surface area contributed by atoms with Crippen LogP contribution >= 0.6 is 15.9 Å². The molecule has 0 aliphatic carbocycles. The Kier molecular flexibility index (Phi) is 5.52. The molecule has 0 bridgehead atoms. The molecule has 3 rings (SSSR count). The number of hydrogen-bond acceptors (Lipinski definition) is 5. The number of nitrogens with one attached hydrogen (secondary N) is 1. The number of sulfonamides is 1. The van der Waals surface area contributed by atoms with Gasteiger partial charge in [-0.2, -0.15) is 5.10 Å². The third-order valence-electron chi connectivity index (χ3n) is 4.16. The molecule has 3 aromatic rings. The molecule has 146 valence electrons. The largest absolute Gasteiger partial charge is 0.280 e. The molecule has 0 radical (unpaired) electrons. The van der Waals surface area contributed by atoms with Crippen molar-refractivity contribution in [3.8, 4) is 0 Å². The molecule has 10 heteroatoms. The molecule has 0 saturated carbocycles. The van der Waals surface area contributed by atoms with Crippen molar-refractivity contribution in [2.45, 2.75) is 25.3 Å². The molecular formula is C18H17BrN4O4S. The van der Waals surface area contributed by atoms with Crippen LogP contribution in [0.3, 0.4) is 0 Å². The number of aromatic nitrogens is 2. The Morgan fingerprint density at radius 3 is 2.43 bits per heavy atom. The summed E-state index contributed by atoms with van der Waals surface area (Å²) in [5.74, 6) is 0. The molecule has 0 fully saturated rings. The Balaban J connectivity index is 1.81. The number of hydrogen-bond donors (Lipinski definition) is 1. The van der Waals surface area contributed by atoms with Crippen LogP contribution in [0.2, 0.25) is 0 Å². The second-order valence-corrected chi connectivity index (χ2v) is 8.67. The summed E-state index contributed by atoms with van der Waals surface area (Å²) in [4.78, 5) is 10.1. The van der Waals surface area contributed by atoms with E-state index in [1.54, 1.807) is 18.2 Å². The summed E-state index contributed by atoms with van der Waals surface area (Å²) in [7, 11) is -3.86. The molecule has 0 amide bonds. The van der Waals surface area contributed by atoms with Gasteiger partial charge in [-0.1, -0.05) is 12.1 Å². The number of nitro groups is 1. The maximum atomic E-state index is 12.5. The molecular weight excluding hydrogens is 448 g/mol. The monoisotopic (exact) mass is 464 g/mol. The van der Waals surface area contributed by atoms with Gasteiger partial charge in [0.15, 0.2) is 0 Å².